The van der Waals surface area contributed by atoms with Gasteiger partial charge in [0.25, 0.3) is 0 Å². The molecule has 3 nitrogen and oxygen atoms in total. The summed E-state index contributed by atoms with van der Waals surface area (Å²) in [6, 6.07) is 0. The summed E-state index contributed by atoms with van der Waals surface area (Å²) in [5.74, 6) is 0. The van der Waals surface area contributed by atoms with Crippen LogP contribution in [-0.2, 0) is 14.0 Å². The van der Waals surface area contributed by atoms with Gasteiger partial charge in [-0.3, -0.25) is 0 Å². The van der Waals surface area contributed by atoms with Crippen molar-refractivity contribution < 1.29 is 14.0 Å². The van der Waals surface area contributed by atoms with Crippen LogP contribution in [0.5, 0.6) is 0 Å². The second-order valence-corrected chi connectivity index (χ2v) is 7.59. The zero-order valence-electron chi connectivity index (χ0n) is 7.33. The molecule has 0 amide bonds. The standard InChI is InChI=1S/C7H14BrO3P/c1-12(2,9)5-7-10-4-6(3-8)11-7/h6-7H,3-5H2,1-2H3. The van der Waals surface area contributed by atoms with Crippen LogP contribution in [0.1, 0.15) is 0 Å². The second-order valence-electron chi connectivity index (χ2n) is 3.43. The minimum absolute atomic E-state index is 0.126. The van der Waals surface area contributed by atoms with E-state index < -0.39 is 7.14 Å². The molecule has 72 valence electrons. The first-order valence-electron chi connectivity index (χ1n) is 3.88. The minimum Gasteiger partial charge on any atom is -0.349 e. The minimum atomic E-state index is -2.02. The molecule has 2 atom stereocenters. The van der Waals surface area contributed by atoms with Crippen molar-refractivity contribution in [3.05, 3.63) is 0 Å². The molecule has 2 unspecified atom stereocenters. The van der Waals surface area contributed by atoms with Gasteiger partial charge >= 0.3 is 0 Å². The van der Waals surface area contributed by atoms with E-state index in [1.165, 1.54) is 0 Å². The average molecular weight is 257 g/mol. The first-order valence-corrected chi connectivity index (χ1v) is 7.79. The molecule has 0 aromatic heterocycles. The molecular formula is C7H14BrO3P. The summed E-state index contributed by atoms with van der Waals surface area (Å²) in [6.07, 6.45) is 0.395. The smallest absolute Gasteiger partial charge is 0.164 e. The van der Waals surface area contributed by atoms with E-state index in [-0.39, 0.29) is 12.4 Å². The van der Waals surface area contributed by atoms with Gasteiger partial charge in [-0.1, -0.05) is 15.9 Å². The van der Waals surface area contributed by atoms with E-state index in [0.717, 1.165) is 5.33 Å². The van der Waals surface area contributed by atoms with Crippen LogP contribution in [0, 0.1) is 0 Å². The predicted molar refractivity (Wildman–Crippen MR) is 52.7 cm³/mol. The van der Waals surface area contributed by atoms with Gasteiger partial charge in [0.1, 0.15) is 0 Å². The van der Waals surface area contributed by atoms with Gasteiger partial charge < -0.3 is 14.0 Å². The molecule has 0 aliphatic carbocycles. The number of alkyl halides is 1. The Labute approximate surface area is 81.3 Å². The van der Waals surface area contributed by atoms with Gasteiger partial charge in [-0.25, -0.2) is 0 Å². The fourth-order valence-electron chi connectivity index (χ4n) is 1.04. The molecule has 5 heteroatoms. The number of halogens is 1. The van der Waals surface area contributed by atoms with Crippen molar-refractivity contribution in [2.75, 3.05) is 31.4 Å². The highest BCUT2D eigenvalue weighted by Crippen LogP contribution is 2.38. The third-order valence-electron chi connectivity index (χ3n) is 1.57. The molecule has 1 saturated heterocycles. The number of hydrogen-bond donors (Lipinski definition) is 0. The third-order valence-corrected chi connectivity index (χ3v) is 3.47. The Hall–Kier alpha value is 0.630. The fraction of sp³-hybridized carbons (Fsp3) is 1.00. The molecule has 0 aromatic carbocycles. The maximum absolute atomic E-state index is 11.4. The summed E-state index contributed by atoms with van der Waals surface area (Å²) in [7, 11) is -2.02. The zero-order chi connectivity index (χ0) is 9.19. The van der Waals surface area contributed by atoms with E-state index in [1.807, 2.05) is 0 Å². The van der Waals surface area contributed by atoms with Crippen molar-refractivity contribution in [3.8, 4) is 0 Å². The van der Waals surface area contributed by atoms with E-state index >= 15 is 0 Å². The SMILES string of the molecule is CP(C)(=O)CC1OCC(CBr)O1. The van der Waals surface area contributed by atoms with Crippen LogP contribution in [0.3, 0.4) is 0 Å². The van der Waals surface area contributed by atoms with Crippen molar-refractivity contribution in [2.45, 2.75) is 12.4 Å². The molecule has 1 rings (SSSR count). The Kier molecular flexibility index (Phi) is 3.77. The van der Waals surface area contributed by atoms with E-state index in [2.05, 4.69) is 15.9 Å². The lowest BCUT2D eigenvalue weighted by Crippen LogP contribution is -2.16. The summed E-state index contributed by atoms with van der Waals surface area (Å²) in [5, 5.41) is 0.779. The van der Waals surface area contributed by atoms with E-state index in [9.17, 15) is 4.57 Å². The highest BCUT2D eigenvalue weighted by molar-refractivity contribution is 9.09. The van der Waals surface area contributed by atoms with Crippen LogP contribution < -0.4 is 0 Å². The van der Waals surface area contributed by atoms with Crippen molar-refractivity contribution in [2.24, 2.45) is 0 Å². The Morgan fingerprint density at radius 1 is 1.58 bits per heavy atom. The van der Waals surface area contributed by atoms with Crippen molar-refractivity contribution in [1.29, 1.82) is 0 Å². The Bertz CT molecular complexity index is 191. The monoisotopic (exact) mass is 256 g/mol. The number of ether oxygens (including phenoxy) is 2. The molecule has 0 saturated carbocycles. The lowest BCUT2D eigenvalue weighted by atomic mass is 10.5. The van der Waals surface area contributed by atoms with Gasteiger partial charge in [-0.15, -0.1) is 0 Å². The van der Waals surface area contributed by atoms with Crippen LogP contribution >= 0.6 is 23.1 Å². The van der Waals surface area contributed by atoms with Gasteiger partial charge in [-0.05, 0) is 13.3 Å². The zero-order valence-corrected chi connectivity index (χ0v) is 9.81. The van der Waals surface area contributed by atoms with E-state index in [0.29, 0.717) is 12.8 Å². The molecule has 0 aromatic rings. The molecule has 1 aliphatic rings. The molecule has 0 spiro atoms. The van der Waals surface area contributed by atoms with Crippen LogP contribution in [0.4, 0.5) is 0 Å². The van der Waals surface area contributed by atoms with Gasteiger partial charge in [0.15, 0.2) is 6.29 Å². The molecular weight excluding hydrogens is 243 g/mol. The van der Waals surface area contributed by atoms with Gasteiger partial charge in [0, 0.05) is 5.33 Å². The van der Waals surface area contributed by atoms with Crippen LogP contribution in [0.15, 0.2) is 0 Å². The second kappa shape index (κ2) is 4.23. The Morgan fingerprint density at radius 2 is 2.25 bits per heavy atom. The summed E-state index contributed by atoms with van der Waals surface area (Å²) < 4.78 is 22.1. The maximum atomic E-state index is 11.4. The lowest BCUT2D eigenvalue weighted by Gasteiger charge is -2.12. The number of rotatable bonds is 3. The quantitative estimate of drug-likeness (QED) is 0.570. The first kappa shape index (κ1) is 10.7. The van der Waals surface area contributed by atoms with Gasteiger partial charge in [0.05, 0.1) is 26.0 Å². The molecule has 1 fully saturated rings. The Morgan fingerprint density at radius 3 is 2.67 bits per heavy atom. The Balaban J connectivity index is 2.33. The predicted octanol–water partition coefficient (Wildman–Crippen LogP) is 1.75. The molecule has 1 heterocycles. The fourth-order valence-corrected chi connectivity index (χ4v) is 2.29. The maximum Gasteiger partial charge on any atom is 0.164 e. The number of hydrogen-bond acceptors (Lipinski definition) is 3. The molecule has 0 bridgehead atoms. The van der Waals surface area contributed by atoms with E-state index in [4.69, 9.17) is 9.47 Å². The highest BCUT2D eigenvalue weighted by Gasteiger charge is 2.28. The highest BCUT2D eigenvalue weighted by atomic mass is 79.9. The van der Waals surface area contributed by atoms with Gasteiger partial charge in [-0.2, -0.15) is 0 Å². The summed E-state index contributed by atoms with van der Waals surface area (Å²) >= 11 is 3.31. The average Bonchev–Trinajstić information content (AvgIpc) is 2.32. The normalized spacial score (nSPS) is 30.9. The van der Waals surface area contributed by atoms with Crippen molar-refractivity contribution in [1.82, 2.24) is 0 Å². The van der Waals surface area contributed by atoms with Crippen LogP contribution in [0.25, 0.3) is 0 Å². The third kappa shape index (κ3) is 3.56. The largest absolute Gasteiger partial charge is 0.349 e. The van der Waals surface area contributed by atoms with Crippen molar-refractivity contribution >= 4 is 23.1 Å². The summed E-state index contributed by atoms with van der Waals surface area (Å²) in [4.78, 5) is 0. The summed E-state index contributed by atoms with van der Waals surface area (Å²) in [6.45, 7) is 4.11. The van der Waals surface area contributed by atoms with E-state index in [1.54, 1.807) is 13.3 Å². The molecule has 1 aliphatic heterocycles. The van der Waals surface area contributed by atoms with Gasteiger partial charge in [0.2, 0.25) is 0 Å². The van der Waals surface area contributed by atoms with Crippen LogP contribution in [0.2, 0.25) is 0 Å². The van der Waals surface area contributed by atoms with Crippen LogP contribution in [-0.4, -0.2) is 43.8 Å². The summed E-state index contributed by atoms with van der Waals surface area (Å²) in [5.41, 5.74) is 0. The lowest BCUT2D eigenvalue weighted by molar-refractivity contribution is -0.0355. The molecule has 12 heavy (non-hydrogen) atoms. The topological polar surface area (TPSA) is 35.5 Å². The molecule has 0 N–H and O–H groups in total. The van der Waals surface area contributed by atoms with Crippen molar-refractivity contribution in [3.63, 3.8) is 0 Å². The first-order chi connectivity index (χ1) is 5.51. The molecule has 0 radical (unpaired) electrons.